The SMILES string of the molecule is CCCCCCCCCCCCCCCCCCCCCCc1ncc[nH]1. The number of rotatable bonds is 21. The molecular formula is C25H48N2. The Kier molecular flexibility index (Phi) is 17.9. The molecule has 0 aliphatic heterocycles. The molecule has 27 heavy (non-hydrogen) atoms. The molecule has 158 valence electrons. The molecule has 0 saturated carbocycles. The van der Waals surface area contributed by atoms with Crippen LogP contribution in [0, 0.1) is 0 Å². The van der Waals surface area contributed by atoms with Crippen molar-refractivity contribution in [2.45, 2.75) is 142 Å². The first-order chi connectivity index (χ1) is 13.4. The molecule has 2 nitrogen and oxygen atoms in total. The summed E-state index contributed by atoms with van der Waals surface area (Å²) in [5.41, 5.74) is 0. The molecule has 1 heterocycles. The van der Waals surface area contributed by atoms with Gasteiger partial charge in [0, 0.05) is 18.8 Å². The van der Waals surface area contributed by atoms with Crippen molar-refractivity contribution in [3.63, 3.8) is 0 Å². The van der Waals surface area contributed by atoms with E-state index in [-0.39, 0.29) is 0 Å². The largest absolute Gasteiger partial charge is 0.349 e. The van der Waals surface area contributed by atoms with Crippen LogP contribution in [0.5, 0.6) is 0 Å². The summed E-state index contributed by atoms with van der Waals surface area (Å²) in [6.45, 7) is 2.30. The number of aryl methyl sites for hydroxylation is 1. The van der Waals surface area contributed by atoms with Gasteiger partial charge in [-0.1, -0.05) is 129 Å². The molecular weight excluding hydrogens is 328 g/mol. The van der Waals surface area contributed by atoms with Gasteiger partial charge in [-0.25, -0.2) is 4.98 Å². The molecule has 1 rings (SSSR count). The van der Waals surface area contributed by atoms with Crippen LogP contribution in [0.15, 0.2) is 12.4 Å². The maximum Gasteiger partial charge on any atom is 0.105 e. The quantitative estimate of drug-likeness (QED) is 0.213. The van der Waals surface area contributed by atoms with Crippen LogP contribution in [0.1, 0.15) is 141 Å². The summed E-state index contributed by atoms with van der Waals surface area (Å²) in [4.78, 5) is 7.47. The van der Waals surface area contributed by atoms with E-state index in [1.165, 1.54) is 128 Å². The van der Waals surface area contributed by atoms with Crippen molar-refractivity contribution < 1.29 is 0 Å². The first kappa shape index (κ1) is 24.2. The van der Waals surface area contributed by atoms with Crippen molar-refractivity contribution in [1.82, 2.24) is 9.97 Å². The monoisotopic (exact) mass is 376 g/mol. The predicted octanol–water partition coefficient (Wildman–Crippen LogP) is 8.77. The number of nitrogens with one attached hydrogen (secondary N) is 1. The lowest BCUT2D eigenvalue weighted by molar-refractivity contribution is 0.521. The Morgan fingerprint density at radius 3 is 1.26 bits per heavy atom. The van der Waals surface area contributed by atoms with Gasteiger partial charge < -0.3 is 4.98 Å². The number of nitrogens with zero attached hydrogens (tertiary/aromatic N) is 1. The first-order valence-electron chi connectivity index (χ1n) is 12.4. The lowest BCUT2D eigenvalue weighted by atomic mass is 10.0. The topological polar surface area (TPSA) is 28.7 Å². The van der Waals surface area contributed by atoms with Gasteiger partial charge in [0.05, 0.1) is 0 Å². The van der Waals surface area contributed by atoms with Crippen LogP contribution in [0.25, 0.3) is 0 Å². The Labute approximate surface area is 170 Å². The highest BCUT2D eigenvalue weighted by molar-refractivity contribution is 4.86. The highest BCUT2D eigenvalue weighted by atomic mass is 14.9. The fraction of sp³-hybridized carbons (Fsp3) is 0.880. The minimum atomic E-state index is 1.12. The van der Waals surface area contributed by atoms with Gasteiger partial charge >= 0.3 is 0 Å². The van der Waals surface area contributed by atoms with Gasteiger partial charge in [0.1, 0.15) is 5.82 Å². The van der Waals surface area contributed by atoms with Crippen molar-refractivity contribution in [1.29, 1.82) is 0 Å². The zero-order chi connectivity index (χ0) is 19.3. The fourth-order valence-electron chi connectivity index (χ4n) is 3.98. The van der Waals surface area contributed by atoms with Gasteiger partial charge in [-0.2, -0.15) is 0 Å². The maximum absolute atomic E-state index is 4.28. The molecule has 0 unspecified atom stereocenters. The van der Waals surface area contributed by atoms with Crippen LogP contribution >= 0.6 is 0 Å². The Hall–Kier alpha value is -0.790. The van der Waals surface area contributed by atoms with Crippen LogP contribution in [-0.4, -0.2) is 9.97 Å². The minimum absolute atomic E-state index is 1.12. The number of aromatic nitrogens is 2. The highest BCUT2D eigenvalue weighted by Gasteiger charge is 1.97. The van der Waals surface area contributed by atoms with E-state index >= 15 is 0 Å². The summed E-state index contributed by atoms with van der Waals surface area (Å²) in [6, 6.07) is 0. The molecule has 0 saturated heterocycles. The van der Waals surface area contributed by atoms with Crippen LogP contribution in [0.2, 0.25) is 0 Å². The van der Waals surface area contributed by atoms with Gasteiger partial charge in [0.25, 0.3) is 0 Å². The smallest absolute Gasteiger partial charge is 0.105 e. The molecule has 1 aromatic rings. The number of imidazole rings is 1. The predicted molar refractivity (Wildman–Crippen MR) is 120 cm³/mol. The van der Waals surface area contributed by atoms with Crippen molar-refractivity contribution in [3.05, 3.63) is 18.2 Å². The standard InChI is InChI=1S/C25H48N2/c1-2-3-4-5-6-7-8-9-10-11-12-13-14-15-16-17-18-19-20-21-22-25-26-23-24-27-25/h23-24H,2-22H2,1H3,(H,26,27). The Morgan fingerprint density at radius 1 is 0.556 bits per heavy atom. The number of H-pyrrole nitrogens is 1. The summed E-state index contributed by atoms with van der Waals surface area (Å²) in [5, 5.41) is 0. The third-order valence-electron chi connectivity index (χ3n) is 5.82. The minimum Gasteiger partial charge on any atom is -0.349 e. The van der Waals surface area contributed by atoms with Crippen LogP contribution in [0.3, 0.4) is 0 Å². The number of unbranched alkanes of at least 4 members (excludes halogenated alkanes) is 19. The van der Waals surface area contributed by atoms with Crippen molar-refractivity contribution in [2.75, 3.05) is 0 Å². The summed E-state index contributed by atoms with van der Waals surface area (Å²) >= 11 is 0. The second kappa shape index (κ2) is 20.0. The van der Waals surface area contributed by atoms with Gasteiger partial charge in [0.15, 0.2) is 0 Å². The zero-order valence-electron chi connectivity index (χ0n) is 18.5. The normalized spacial score (nSPS) is 11.3. The molecule has 0 bridgehead atoms. The third kappa shape index (κ3) is 17.1. The van der Waals surface area contributed by atoms with E-state index in [1.54, 1.807) is 0 Å². The summed E-state index contributed by atoms with van der Waals surface area (Å²) in [7, 11) is 0. The maximum atomic E-state index is 4.28. The number of hydrogen-bond donors (Lipinski definition) is 1. The molecule has 1 aromatic heterocycles. The summed E-state index contributed by atoms with van der Waals surface area (Å²) < 4.78 is 0. The van der Waals surface area contributed by atoms with E-state index in [9.17, 15) is 0 Å². The highest BCUT2D eigenvalue weighted by Crippen LogP contribution is 2.15. The van der Waals surface area contributed by atoms with Crippen LogP contribution in [-0.2, 0) is 6.42 Å². The first-order valence-corrected chi connectivity index (χ1v) is 12.4. The van der Waals surface area contributed by atoms with E-state index in [2.05, 4.69) is 16.9 Å². The third-order valence-corrected chi connectivity index (χ3v) is 5.82. The Balaban J connectivity index is 1.64. The van der Waals surface area contributed by atoms with Crippen molar-refractivity contribution in [3.8, 4) is 0 Å². The van der Waals surface area contributed by atoms with Crippen LogP contribution < -0.4 is 0 Å². The molecule has 1 N–H and O–H groups in total. The molecule has 0 amide bonds. The second-order valence-corrected chi connectivity index (χ2v) is 8.50. The lowest BCUT2D eigenvalue weighted by Crippen LogP contribution is -1.88. The Bertz CT molecular complexity index is 372. The van der Waals surface area contributed by atoms with Gasteiger partial charge in [-0.15, -0.1) is 0 Å². The van der Waals surface area contributed by atoms with E-state index in [1.807, 2.05) is 12.4 Å². The molecule has 0 atom stereocenters. The fourth-order valence-corrected chi connectivity index (χ4v) is 3.98. The molecule has 0 radical (unpaired) electrons. The Morgan fingerprint density at radius 2 is 0.926 bits per heavy atom. The van der Waals surface area contributed by atoms with E-state index in [4.69, 9.17) is 0 Å². The molecule has 0 aliphatic carbocycles. The molecule has 0 spiro atoms. The zero-order valence-corrected chi connectivity index (χ0v) is 18.5. The van der Waals surface area contributed by atoms with Crippen LogP contribution in [0.4, 0.5) is 0 Å². The average molecular weight is 377 g/mol. The van der Waals surface area contributed by atoms with E-state index in [0.717, 1.165) is 12.2 Å². The molecule has 0 fully saturated rings. The van der Waals surface area contributed by atoms with Crippen molar-refractivity contribution >= 4 is 0 Å². The molecule has 2 heteroatoms. The second-order valence-electron chi connectivity index (χ2n) is 8.50. The van der Waals surface area contributed by atoms with Gasteiger partial charge in [0.2, 0.25) is 0 Å². The number of aromatic amines is 1. The average Bonchev–Trinajstić information content (AvgIpc) is 3.20. The molecule has 0 aromatic carbocycles. The molecule has 0 aliphatic rings. The van der Waals surface area contributed by atoms with Gasteiger partial charge in [-0.3, -0.25) is 0 Å². The van der Waals surface area contributed by atoms with E-state index in [0.29, 0.717) is 0 Å². The number of hydrogen-bond acceptors (Lipinski definition) is 1. The lowest BCUT2D eigenvalue weighted by Gasteiger charge is -2.04. The summed E-state index contributed by atoms with van der Waals surface area (Å²) in [6.07, 6.45) is 33.8. The van der Waals surface area contributed by atoms with E-state index < -0.39 is 0 Å². The van der Waals surface area contributed by atoms with Gasteiger partial charge in [-0.05, 0) is 6.42 Å². The summed E-state index contributed by atoms with van der Waals surface area (Å²) in [5.74, 6) is 1.15. The van der Waals surface area contributed by atoms with Crippen molar-refractivity contribution in [2.24, 2.45) is 0 Å².